The number of ether oxygens (including phenoxy) is 5. The van der Waals surface area contributed by atoms with Crippen molar-refractivity contribution in [3.63, 3.8) is 0 Å². The van der Waals surface area contributed by atoms with Gasteiger partial charge in [0.1, 0.15) is 11.9 Å². The Morgan fingerprint density at radius 1 is 1.14 bits per heavy atom. The number of hydrogen-bond donors (Lipinski definition) is 0. The number of para-hydroxylation sites is 2. The summed E-state index contributed by atoms with van der Waals surface area (Å²) in [7, 11) is 5.99. The van der Waals surface area contributed by atoms with Crippen LogP contribution in [0.25, 0.3) is 0 Å². The number of anilines is 1. The molecule has 1 heterocycles. The van der Waals surface area contributed by atoms with Gasteiger partial charge in [-0.1, -0.05) is 12.1 Å². The Morgan fingerprint density at radius 3 is 2.31 bits per heavy atom. The molecular weight excluding hydrogens is 406 g/mol. The first-order valence-electron chi connectivity index (χ1n) is 8.72. The number of carbonyl (C=O) groups is 3. The Morgan fingerprint density at radius 2 is 1.76 bits per heavy atom. The highest BCUT2D eigenvalue weighted by molar-refractivity contribution is 6.66. The molecule has 0 radical (unpaired) electrons. The predicted octanol–water partition coefficient (Wildman–Crippen LogP) is 2.73. The monoisotopic (exact) mass is 431 g/mol. The van der Waals surface area contributed by atoms with Crippen molar-refractivity contribution in [1.82, 2.24) is 0 Å². The largest absolute Gasteiger partial charge is 0.467 e. The number of amides is 1. The Bertz CT molecular complexity index is 699. The van der Waals surface area contributed by atoms with Gasteiger partial charge in [-0.25, -0.2) is 4.79 Å². The lowest BCUT2D eigenvalue weighted by Crippen LogP contribution is -2.44. The molecule has 29 heavy (non-hydrogen) atoms. The summed E-state index contributed by atoms with van der Waals surface area (Å²) >= 11 is 5.52. The SMILES string of the molecule is COC.COC(=O)C1CC(OC(C)=O)CC(Oc2ccccc2N(C)C(=O)Cl)O1. The van der Waals surface area contributed by atoms with Crippen molar-refractivity contribution in [3.05, 3.63) is 24.3 Å². The smallest absolute Gasteiger partial charge is 0.335 e. The second-order valence-corrected chi connectivity index (χ2v) is 6.41. The van der Waals surface area contributed by atoms with E-state index >= 15 is 0 Å². The minimum atomic E-state index is -0.928. The highest BCUT2D eigenvalue weighted by Gasteiger charge is 2.37. The van der Waals surface area contributed by atoms with Crippen molar-refractivity contribution in [2.24, 2.45) is 0 Å². The van der Waals surface area contributed by atoms with Crippen LogP contribution in [0, 0.1) is 0 Å². The first-order chi connectivity index (χ1) is 13.7. The highest BCUT2D eigenvalue weighted by atomic mass is 35.5. The molecule has 1 amide bonds. The fourth-order valence-electron chi connectivity index (χ4n) is 2.60. The topological polar surface area (TPSA) is 101 Å². The van der Waals surface area contributed by atoms with E-state index in [1.54, 1.807) is 38.5 Å². The Hall–Kier alpha value is -2.36. The van der Waals surface area contributed by atoms with Crippen LogP contribution >= 0.6 is 11.6 Å². The van der Waals surface area contributed by atoms with Crippen molar-refractivity contribution < 1.29 is 38.1 Å². The van der Waals surface area contributed by atoms with Gasteiger partial charge in [0.05, 0.1) is 12.8 Å². The zero-order valence-electron chi connectivity index (χ0n) is 17.0. The van der Waals surface area contributed by atoms with Gasteiger partial charge in [-0.15, -0.1) is 0 Å². The number of halogens is 1. The van der Waals surface area contributed by atoms with Crippen LogP contribution in [0.5, 0.6) is 5.75 Å². The Balaban J connectivity index is 0.00000132. The van der Waals surface area contributed by atoms with E-state index in [4.69, 9.17) is 30.5 Å². The third-order valence-electron chi connectivity index (χ3n) is 3.79. The van der Waals surface area contributed by atoms with E-state index in [0.29, 0.717) is 11.4 Å². The Labute approximate surface area is 174 Å². The molecule has 3 atom stereocenters. The number of hydrogen-bond acceptors (Lipinski definition) is 8. The van der Waals surface area contributed by atoms with Gasteiger partial charge in [-0.05, 0) is 23.7 Å². The lowest BCUT2D eigenvalue weighted by molar-refractivity contribution is -0.204. The lowest BCUT2D eigenvalue weighted by Gasteiger charge is -2.34. The number of rotatable bonds is 5. The summed E-state index contributed by atoms with van der Waals surface area (Å²) in [4.78, 5) is 35.7. The summed E-state index contributed by atoms with van der Waals surface area (Å²) in [6.07, 6.45) is -1.97. The summed E-state index contributed by atoms with van der Waals surface area (Å²) in [6.45, 7) is 1.29. The van der Waals surface area contributed by atoms with Gasteiger partial charge in [-0.3, -0.25) is 14.5 Å². The molecule has 1 saturated heterocycles. The second kappa shape index (κ2) is 12.3. The molecule has 0 bridgehead atoms. The molecular formula is C19H26ClNO8. The summed E-state index contributed by atoms with van der Waals surface area (Å²) in [5.74, 6) is -0.718. The molecule has 1 aromatic carbocycles. The first-order valence-corrected chi connectivity index (χ1v) is 9.10. The molecule has 3 unspecified atom stereocenters. The quantitative estimate of drug-likeness (QED) is 0.398. The lowest BCUT2D eigenvalue weighted by atomic mass is 10.0. The van der Waals surface area contributed by atoms with E-state index in [2.05, 4.69) is 4.74 Å². The summed E-state index contributed by atoms with van der Waals surface area (Å²) < 4.78 is 25.6. The van der Waals surface area contributed by atoms with Gasteiger partial charge >= 0.3 is 17.3 Å². The summed E-state index contributed by atoms with van der Waals surface area (Å²) in [6, 6.07) is 6.73. The average Bonchev–Trinajstić information content (AvgIpc) is 2.67. The van der Waals surface area contributed by atoms with E-state index in [1.807, 2.05) is 0 Å². The van der Waals surface area contributed by atoms with Crippen molar-refractivity contribution in [2.45, 2.75) is 38.3 Å². The number of methoxy groups -OCH3 is 2. The van der Waals surface area contributed by atoms with Gasteiger partial charge in [-0.2, -0.15) is 0 Å². The summed E-state index contributed by atoms with van der Waals surface area (Å²) in [5, 5.41) is -0.684. The van der Waals surface area contributed by atoms with Gasteiger partial charge in [0.25, 0.3) is 0 Å². The molecule has 1 aliphatic heterocycles. The third kappa shape index (κ3) is 7.88. The first kappa shape index (κ1) is 24.7. The van der Waals surface area contributed by atoms with Crippen molar-refractivity contribution in [2.75, 3.05) is 33.3 Å². The van der Waals surface area contributed by atoms with Gasteiger partial charge in [0, 0.05) is 41.0 Å². The second-order valence-electron chi connectivity index (χ2n) is 6.09. The predicted molar refractivity (Wildman–Crippen MR) is 105 cm³/mol. The number of benzene rings is 1. The molecule has 162 valence electrons. The molecule has 0 aliphatic carbocycles. The molecule has 1 fully saturated rings. The van der Waals surface area contributed by atoms with Crippen LogP contribution in [0.3, 0.4) is 0 Å². The van der Waals surface area contributed by atoms with Gasteiger partial charge < -0.3 is 23.7 Å². The van der Waals surface area contributed by atoms with E-state index in [9.17, 15) is 14.4 Å². The molecule has 9 nitrogen and oxygen atoms in total. The van der Waals surface area contributed by atoms with Crippen molar-refractivity contribution in [1.29, 1.82) is 0 Å². The van der Waals surface area contributed by atoms with Gasteiger partial charge in [0.2, 0.25) is 6.29 Å². The minimum absolute atomic E-state index is 0.174. The van der Waals surface area contributed by atoms with Crippen LogP contribution < -0.4 is 9.64 Å². The zero-order chi connectivity index (χ0) is 22.0. The molecule has 0 aromatic heterocycles. The van der Waals surface area contributed by atoms with Crippen LogP contribution in [-0.4, -0.2) is 64.2 Å². The molecule has 2 rings (SSSR count). The fourth-order valence-corrected chi connectivity index (χ4v) is 2.70. The number of nitrogens with zero attached hydrogens (tertiary/aromatic N) is 1. The van der Waals surface area contributed by atoms with Crippen LogP contribution in [0.2, 0.25) is 0 Å². The van der Waals surface area contributed by atoms with Crippen molar-refractivity contribution in [3.8, 4) is 5.75 Å². The fraction of sp³-hybridized carbons (Fsp3) is 0.526. The molecule has 1 aromatic rings. The van der Waals surface area contributed by atoms with Crippen LogP contribution in [0.4, 0.5) is 10.5 Å². The molecule has 0 spiro atoms. The highest BCUT2D eigenvalue weighted by Crippen LogP contribution is 2.32. The number of carbonyl (C=O) groups excluding carboxylic acids is 3. The average molecular weight is 432 g/mol. The number of esters is 2. The normalized spacial score (nSPS) is 20.6. The van der Waals surface area contributed by atoms with E-state index in [-0.39, 0.29) is 12.8 Å². The van der Waals surface area contributed by atoms with Crippen molar-refractivity contribution >= 4 is 34.6 Å². The van der Waals surface area contributed by atoms with Crippen LogP contribution in [0.1, 0.15) is 19.8 Å². The van der Waals surface area contributed by atoms with E-state index in [0.717, 1.165) is 0 Å². The van der Waals surface area contributed by atoms with Crippen LogP contribution in [-0.2, 0) is 28.5 Å². The Kier molecular flexibility index (Phi) is 10.4. The summed E-state index contributed by atoms with van der Waals surface area (Å²) in [5.41, 5.74) is 0.431. The third-order valence-corrected chi connectivity index (χ3v) is 4.05. The zero-order valence-corrected chi connectivity index (χ0v) is 17.8. The molecule has 0 N–H and O–H groups in total. The van der Waals surface area contributed by atoms with Gasteiger partial charge in [0.15, 0.2) is 6.10 Å². The maximum atomic E-state index is 11.8. The maximum Gasteiger partial charge on any atom is 0.335 e. The minimum Gasteiger partial charge on any atom is -0.467 e. The van der Waals surface area contributed by atoms with E-state index < -0.39 is 35.8 Å². The maximum absolute atomic E-state index is 11.8. The standard InChI is InChI=1S/C17H20ClNO7.C2H6O/c1-10(20)24-11-8-14(16(21)23-3)26-15(9-11)25-13-7-5-4-6-12(13)19(2)17(18)22;1-3-2/h4-7,11,14-15H,8-9H2,1-3H3;1-2H3. The molecule has 1 aliphatic rings. The van der Waals surface area contributed by atoms with E-state index in [1.165, 1.54) is 26.0 Å². The molecule has 10 heteroatoms. The van der Waals surface area contributed by atoms with Crippen LogP contribution in [0.15, 0.2) is 24.3 Å². The molecule has 0 saturated carbocycles.